The first-order chi connectivity index (χ1) is 7.75. The molecule has 16 heavy (non-hydrogen) atoms. The van der Waals surface area contributed by atoms with Gasteiger partial charge in [0.1, 0.15) is 11.3 Å². The van der Waals surface area contributed by atoms with Crippen LogP contribution in [0, 0.1) is 0 Å². The van der Waals surface area contributed by atoms with Crippen molar-refractivity contribution in [1.29, 1.82) is 0 Å². The van der Waals surface area contributed by atoms with Crippen molar-refractivity contribution < 1.29 is 4.42 Å². The van der Waals surface area contributed by atoms with Gasteiger partial charge >= 0.3 is 0 Å². The van der Waals surface area contributed by atoms with Crippen LogP contribution in [0.3, 0.4) is 0 Å². The fourth-order valence-corrected chi connectivity index (χ4v) is 2.66. The highest BCUT2D eigenvalue weighted by Gasteiger charge is 2.14. The minimum absolute atomic E-state index is 0.762. The summed E-state index contributed by atoms with van der Waals surface area (Å²) >= 11 is 9.60. The maximum atomic E-state index is 6.05. The van der Waals surface area contributed by atoms with Crippen molar-refractivity contribution in [3.63, 3.8) is 0 Å². The van der Waals surface area contributed by atoms with Gasteiger partial charge in [0.25, 0.3) is 0 Å². The summed E-state index contributed by atoms with van der Waals surface area (Å²) < 4.78 is 6.83. The minimum Gasteiger partial charge on any atom is -0.456 e. The number of fused-ring (bicyclic) bond motifs is 3. The van der Waals surface area contributed by atoms with Crippen LogP contribution >= 0.6 is 27.5 Å². The van der Waals surface area contributed by atoms with Crippen molar-refractivity contribution in [2.45, 2.75) is 6.42 Å². The van der Waals surface area contributed by atoms with E-state index in [1.165, 1.54) is 0 Å². The molecule has 1 aromatic heterocycles. The first-order valence-electron chi connectivity index (χ1n) is 4.99. The normalized spacial score (nSPS) is 14.8. The smallest absolute Gasteiger partial charge is 0.136 e. The lowest BCUT2D eigenvalue weighted by Gasteiger charge is -1.93. The Morgan fingerprint density at radius 2 is 2.19 bits per heavy atom. The Hall–Kier alpha value is -0.990. The lowest BCUT2D eigenvalue weighted by Crippen LogP contribution is -1.73. The highest BCUT2D eigenvalue weighted by Crippen LogP contribution is 2.36. The molecule has 0 N–H and O–H groups in total. The number of rotatable bonds is 0. The van der Waals surface area contributed by atoms with E-state index in [0.717, 1.165) is 38.2 Å². The maximum absolute atomic E-state index is 6.05. The van der Waals surface area contributed by atoms with Gasteiger partial charge in [0.15, 0.2) is 0 Å². The third-order valence-electron chi connectivity index (χ3n) is 2.62. The summed E-state index contributed by atoms with van der Waals surface area (Å²) in [5, 5.41) is 1.90. The first-order valence-corrected chi connectivity index (χ1v) is 6.16. The molecule has 0 saturated carbocycles. The van der Waals surface area contributed by atoms with Crippen molar-refractivity contribution >= 4 is 50.7 Å². The van der Waals surface area contributed by atoms with Gasteiger partial charge in [-0.1, -0.05) is 45.7 Å². The summed E-state index contributed by atoms with van der Waals surface area (Å²) in [6.07, 6.45) is 6.78. The molecule has 2 aromatic rings. The Kier molecular flexibility index (Phi) is 2.41. The third kappa shape index (κ3) is 1.53. The molecule has 0 saturated heterocycles. The number of benzene rings is 1. The highest BCUT2D eigenvalue weighted by molar-refractivity contribution is 9.10. The number of furan rings is 1. The molecular weight excluding hydrogens is 287 g/mol. The first kappa shape index (κ1) is 10.2. The summed E-state index contributed by atoms with van der Waals surface area (Å²) in [6.45, 7) is 0. The summed E-state index contributed by atoms with van der Waals surface area (Å²) in [6, 6.07) is 5.94. The van der Waals surface area contributed by atoms with Crippen molar-refractivity contribution in [2.75, 3.05) is 0 Å². The van der Waals surface area contributed by atoms with Crippen LogP contribution in [0.2, 0.25) is 0 Å². The van der Waals surface area contributed by atoms with Crippen LogP contribution in [0.4, 0.5) is 0 Å². The van der Waals surface area contributed by atoms with Gasteiger partial charge in [0, 0.05) is 26.9 Å². The van der Waals surface area contributed by atoms with Crippen molar-refractivity contribution in [3.05, 3.63) is 45.1 Å². The average Bonchev–Trinajstić information content (AvgIpc) is 2.48. The number of hydrogen-bond acceptors (Lipinski definition) is 1. The van der Waals surface area contributed by atoms with E-state index in [9.17, 15) is 0 Å². The lowest BCUT2D eigenvalue weighted by atomic mass is 10.1. The lowest BCUT2D eigenvalue weighted by molar-refractivity contribution is 0.603. The van der Waals surface area contributed by atoms with Gasteiger partial charge in [-0.2, -0.15) is 0 Å². The molecule has 0 fully saturated rings. The third-order valence-corrected chi connectivity index (χ3v) is 3.54. The van der Waals surface area contributed by atoms with E-state index in [1.54, 1.807) is 0 Å². The molecule has 0 bridgehead atoms. The summed E-state index contributed by atoms with van der Waals surface area (Å²) in [5.74, 6) is 0.834. The van der Waals surface area contributed by atoms with Gasteiger partial charge < -0.3 is 4.42 Å². The van der Waals surface area contributed by atoms with Gasteiger partial charge in [-0.25, -0.2) is 0 Å². The molecule has 1 heterocycles. The Labute approximate surface area is 107 Å². The van der Waals surface area contributed by atoms with E-state index < -0.39 is 0 Å². The zero-order valence-corrected chi connectivity index (χ0v) is 10.7. The number of halogens is 2. The Morgan fingerprint density at radius 1 is 1.31 bits per heavy atom. The largest absolute Gasteiger partial charge is 0.456 e. The van der Waals surface area contributed by atoms with Crippen LogP contribution in [0.15, 0.2) is 38.2 Å². The predicted octanol–water partition coefficient (Wildman–Crippen LogP) is 5.19. The Morgan fingerprint density at radius 3 is 3.06 bits per heavy atom. The van der Waals surface area contributed by atoms with Gasteiger partial charge in [-0.05, 0) is 18.2 Å². The monoisotopic (exact) mass is 294 g/mol. The molecule has 1 aromatic carbocycles. The van der Waals surface area contributed by atoms with E-state index in [1.807, 2.05) is 24.3 Å². The number of allylic oxidation sites excluding steroid dienone is 2. The van der Waals surface area contributed by atoms with Crippen LogP contribution in [0.1, 0.15) is 17.7 Å². The Bertz CT molecular complexity index is 622. The van der Waals surface area contributed by atoms with Crippen molar-refractivity contribution in [2.24, 2.45) is 0 Å². The zero-order valence-electron chi connectivity index (χ0n) is 8.34. The molecule has 0 atom stereocenters. The molecule has 1 aliphatic carbocycles. The van der Waals surface area contributed by atoms with Crippen LogP contribution in [-0.4, -0.2) is 0 Å². The quantitative estimate of drug-likeness (QED) is 0.651. The molecule has 3 rings (SSSR count). The topological polar surface area (TPSA) is 13.1 Å². The van der Waals surface area contributed by atoms with Crippen LogP contribution in [-0.2, 0) is 0 Å². The van der Waals surface area contributed by atoms with Gasteiger partial charge in [0.2, 0.25) is 0 Å². The number of hydrogen-bond donors (Lipinski definition) is 0. The summed E-state index contributed by atoms with van der Waals surface area (Å²) in [7, 11) is 0. The fraction of sp³-hybridized carbons (Fsp3) is 0.0769. The SMILES string of the molecule is ClC1=Cc2oc3cccc(Br)c3c2C=CC1. The highest BCUT2D eigenvalue weighted by atomic mass is 79.9. The minimum atomic E-state index is 0.762. The zero-order chi connectivity index (χ0) is 11.1. The maximum Gasteiger partial charge on any atom is 0.136 e. The Balaban J connectivity index is 2.42. The molecule has 0 radical (unpaired) electrons. The van der Waals surface area contributed by atoms with Gasteiger partial charge in [-0.3, -0.25) is 0 Å². The van der Waals surface area contributed by atoms with E-state index in [2.05, 4.69) is 28.1 Å². The second-order valence-corrected chi connectivity index (χ2v) is 5.03. The standard InChI is InChI=1S/C13H8BrClO/c14-10-5-2-6-11-13(10)9-4-1-3-8(15)7-12(9)16-11/h1-2,4-7H,3H2. The second kappa shape index (κ2) is 3.79. The molecule has 3 heteroatoms. The van der Waals surface area contributed by atoms with Gasteiger partial charge in [0.05, 0.1) is 0 Å². The molecule has 80 valence electrons. The molecule has 1 nitrogen and oxygen atoms in total. The summed E-state index contributed by atoms with van der Waals surface area (Å²) in [5.41, 5.74) is 1.98. The average molecular weight is 296 g/mol. The second-order valence-electron chi connectivity index (χ2n) is 3.69. The van der Waals surface area contributed by atoms with E-state index in [-0.39, 0.29) is 0 Å². The fourth-order valence-electron chi connectivity index (χ4n) is 1.91. The molecule has 0 unspecified atom stereocenters. The van der Waals surface area contributed by atoms with E-state index in [4.69, 9.17) is 16.0 Å². The molecule has 0 aliphatic heterocycles. The predicted molar refractivity (Wildman–Crippen MR) is 71.4 cm³/mol. The molecule has 0 amide bonds. The van der Waals surface area contributed by atoms with Crippen LogP contribution in [0.25, 0.3) is 23.1 Å². The molecule has 0 spiro atoms. The van der Waals surface area contributed by atoms with Crippen LogP contribution < -0.4 is 0 Å². The van der Waals surface area contributed by atoms with Crippen molar-refractivity contribution in [1.82, 2.24) is 0 Å². The van der Waals surface area contributed by atoms with Crippen molar-refractivity contribution in [3.8, 4) is 0 Å². The van der Waals surface area contributed by atoms with Crippen LogP contribution in [0.5, 0.6) is 0 Å². The molecule has 1 aliphatic rings. The summed E-state index contributed by atoms with van der Waals surface area (Å²) in [4.78, 5) is 0. The van der Waals surface area contributed by atoms with E-state index >= 15 is 0 Å². The van der Waals surface area contributed by atoms with E-state index in [0.29, 0.717) is 0 Å². The molecular formula is C13H8BrClO. The van der Waals surface area contributed by atoms with Gasteiger partial charge in [-0.15, -0.1) is 0 Å².